The molecule has 0 atom stereocenters. The van der Waals surface area contributed by atoms with E-state index in [-0.39, 0.29) is 0 Å². The predicted octanol–water partition coefficient (Wildman–Crippen LogP) is 3.16. The highest BCUT2D eigenvalue weighted by Gasteiger charge is 2.44. The van der Waals surface area contributed by atoms with Crippen molar-refractivity contribution in [1.29, 1.82) is 5.26 Å². The number of benzene rings is 1. The van der Waals surface area contributed by atoms with Crippen molar-refractivity contribution in [1.82, 2.24) is 0 Å². The summed E-state index contributed by atoms with van der Waals surface area (Å²) in [5, 5.41) is 9.09. The number of halogens is 2. The molecule has 0 spiro atoms. The Morgan fingerprint density at radius 1 is 1.27 bits per heavy atom. The van der Waals surface area contributed by atoms with Gasteiger partial charge in [-0.1, -0.05) is 6.92 Å². The zero-order valence-corrected chi connectivity index (χ0v) is 8.43. The van der Waals surface area contributed by atoms with Crippen LogP contribution in [0, 0.1) is 28.9 Å². The van der Waals surface area contributed by atoms with Crippen LogP contribution in [0.1, 0.15) is 25.3 Å². The molecule has 0 saturated heterocycles. The van der Waals surface area contributed by atoms with Crippen LogP contribution in [0.3, 0.4) is 0 Å². The quantitative estimate of drug-likeness (QED) is 0.694. The van der Waals surface area contributed by atoms with E-state index in [4.69, 9.17) is 5.26 Å². The predicted molar refractivity (Wildman–Crippen MR) is 52.0 cm³/mol. The van der Waals surface area contributed by atoms with Crippen LogP contribution in [0.2, 0.25) is 0 Å². The lowest BCUT2D eigenvalue weighted by atomic mass is 9.60. The Hall–Kier alpha value is -1.43. The Labute approximate surface area is 87.3 Å². The van der Waals surface area contributed by atoms with Crippen molar-refractivity contribution in [3.63, 3.8) is 0 Å². The maximum atomic E-state index is 13.0. The lowest BCUT2D eigenvalue weighted by Crippen LogP contribution is -2.38. The summed E-state index contributed by atoms with van der Waals surface area (Å²) in [6.45, 7) is 2.03. The summed E-state index contributed by atoms with van der Waals surface area (Å²) in [4.78, 5) is 0. The second-order valence-electron chi connectivity index (χ2n) is 4.37. The van der Waals surface area contributed by atoms with Crippen LogP contribution in [-0.4, -0.2) is 0 Å². The van der Waals surface area contributed by atoms with Gasteiger partial charge >= 0.3 is 0 Å². The zero-order valence-electron chi connectivity index (χ0n) is 8.43. The van der Waals surface area contributed by atoms with Crippen LogP contribution in [0.15, 0.2) is 18.2 Å². The van der Waals surface area contributed by atoms with Crippen LogP contribution in [0.4, 0.5) is 8.78 Å². The Morgan fingerprint density at radius 3 is 2.20 bits per heavy atom. The van der Waals surface area contributed by atoms with Crippen molar-refractivity contribution in [3.8, 4) is 6.07 Å². The summed E-state index contributed by atoms with van der Waals surface area (Å²) in [6, 6.07) is 5.54. The lowest BCUT2D eigenvalue weighted by molar-refractivity contribution is 0.216. The molecule has 3 heteroatoms. The fourth-order valence-corrected chi connectivity index (χ4v) is 2.35. The Kier molecular flexibility index (Phi) is 2.22. The molecular formula is C12H11F2N. The van der Waals surface area contributed by atoms with E-state index in [1.807, 2.05) is 6.92 Å². The summed E-state index contributed by atoms with van der Waals surface area (Å²) in [7, 11) is 0. The molecule has 1 aliphatic rings. The molecule has 1 aromatic carbocycles. The Balaban J connectivity index is 2.41. The van der Waals surface area contributed by atoms with E-state index >= 15 is 0 Å². The molecule has 1 aliphatic carbocycles. The van der Waals surface area contributed by atoms with Gasteiger partial charge in [-0.15, -0.1) is 0 Å². The van der Waals surface area contributed by atoms with Crippen molar-refractivity contribution in [2.24, 2.45) is 5.92 Å². The van der Waals surface area contributed by atoms with Crippen LogP contribution >= 0.6 is 0 Å². The minimum Gasteiger partial charge on any atom is -0.207 e. The molecule has 1 nitrogen and oxygen atoms in total. The maximum Gasteiger partial charge on any atom is 0.126 e. The molecule has 15 heavy (non-hydrogen) atoms. The molecule has 0 N–H and O–H groups in total. The summed E-state index contributed by atoms with van der Waals surface area (Å²) < 4.78 is 26.0. The molecule has 1 aromatic rings. The first-order valence-electron chi connectivity index (χ1n) is 4.93. The summed E-state index contributed by atoms with van der Waals surface area (Å²) >= 11 is 0. The molecule has 78 valence electrons. The third-order valence-electron chi connectivity index (χ3n) is 3.02. The first-order valence-corrected chi connectivity index (χ1v) is 4.93. The van der Waals surface area contributed by atoms with Gasteiger partial charge in [-0.05, 0) is 36.5 Å². The fraction of sp³-hybridized carbons (Fsp3) is 0.417. The fourth-order valence-electron chi connectivity index (χ4n) is 2.35. The average Bonchev–Trinajstić information content (AvgIpc) is 2.10. The first-order chi connectivity index (χ1) is 7.05. The molecule has 0 aromatic heterocycles. The molecule has 2 rings (SSSR count). The van der Waals surface area contributed by atoms with Crippen LogP contribution < -0.4 is 0 Å². The lowest BCUT2D eigenvalue weighted by Gasteiger charge is -2.41. The number of nitriles is 1. The highest BCUT2D eigenvalue weighted by Crippen LogP contribution is 2.47. The molecule has 0 radical (unpaired) electrons. The summed E-state index contributed by atoms with van der Waals surface area (Å²) in [6.07, 6.45) is 1.37. The van der Waals surface area contributed by atoms with Gasteiger partial charge in [-0.2, -0.15) is 5.26 Å². The van der Waals surface area contributed by atoms with Gasteiger partial charge in [0.15, 0.2) is 0 Å². The molecule has 1 saturated carbocycles. The normalized spacial score (nSPS) is 29.3. The van der Waals surface area contributed by atoms with Crippen molar-refractivity contribution in [3.05, 3.63) is 35.4 Å². The highest BCUT2D eigenvalue weighted by atomic mass is 19.1. The van der Waals surface area contributed by atoms with Gasteiger partial charge in [0, 0.05) is 6.07 Å². The van der Waals surface area contributed by atoms with Gasteiger partial charge in [0.1, 0.15) is 11.6 Å². The van der Waals surface area contributed by atoms with Crippen molar-refractivity contribution in [2.45, 2.75) is 25.2 Å². The van der Waals surface area contributed by atoms with Gasteiger partial charge in [0.25, 0.3) is 0 Å². The number of rotatable bonds is 1. The Bertz CT molecular complexity index is 407. The van der Waals surface area contributed by atoms with Gasteiger partial charge in [0.2, 0.25) is 0 Å². The molecule has 1 fully saturated rings. The van der Waals surface area contributed by atoms with Crippen molar-refractivity contribution >= 4 is 0 Å². The summed E-state index contributed by atoms with van der Waals surface area (Å²) in [5.41, 5.74) is -0.192. The summed E-state index contributed by atoms with van der Waals surface area (Å²) in [5.74, 6) is -0.769. The molecule has 0 aliphatic heterocycles. The van der Waals surface area contributed by atoms with Crippen molar-refractivity contribution < 1.29 is 8.78 Å². The molecule has 0 unspecified atom stereocenters. The van der Waals surface area contributed by atoms with E-state index in [0.29, 0.717) is 24.3 Å². The van der Waals surface area contributed by atoms with E-state index in [0.717, 1.165) is 6.07 Å². The Morgan fingerprint density at radius 2 is 1.80 bits per heavy atom. The van der Waals surface area contributed by atoms with E-state index in [9.17, 15) is 8.78 Å². The number of nitrogens with zero attached hydrogens (tertiary/aromatic N) is 1. The molecular weight excluding hydrogens is 196 g/mol. The number of hydrogen-bond donors (Lipinski definition) is 0. The van der Waals surface area contributed by atoms with Crippen LogP contribution in [0.25, 0.3) is 0 Å². The van der Waals surface area contributed by atoms with Crippen LogP contribution in [0.5, 0.6) is 0 Å². The molecule has 0 bridgehead atoms. The standard InChI is InChI=1S/C12H11F2N/c1-8-5-12(6-8,7-15)9-2-10(13)4-11(14)3-9/h2-4,8H,5-6H2,1H3. The van der Waals surface area contributed by atoms with Gasteiger partial charge < -0.3 is 0 Å². The monoisotopic (exact) mass is 207 g/mol. The zero-order chi connectivity index (χ0) is 11.1. The number of hydrogen-bond acceptors (Lipinski definition) is 1. The van der Waals surface area contributed by atoms with Crippen LogP contribution in [-0.2, 0) is 5.41 Å². The van der Waals surface area contributed by atoms with E-state index in [1.165, 1.54) is 12.1 Å². The molecule has 0 heterocycles. The smallest absolute Gasteiger partial charge is 0.126 e. The van der Waals surface area contributed by atoms with Gasteiger partial charge in [0.05, 0.1) is 11.5 Å². The first kappa shape index (κ1) is 10.1. The SMILES string of the molecule is CC1CC(C#N)(c2cc(F)cc(F)c2)C1. The maximum absolute atomic E-state index is 13.0. The minimum absolute atomic E-state index is 0.455. The topological polar surface area (TPSA) is 23.8 Å². The third-order valence-corrected chi connectivity index (χ3v) is 3.02. The molecule has 0 amide bonds. The largest absolute Gasteiger partial charge is 0.207 e. The van der Waals surface area contributed by atoms with Crippen molar-refractivity contribution in [2.75, 3.05) is 0 Å². The highest BCUT2D eigenvalue weighted by molar-refractivity contribution is 5.36. The minimum atomic E-state index is -0.664. The van der Waals surface area contributed by atoms with Gasteiger partial charge in [-0.25, -0.2) is 8.78 Å². The van der Waals surface area contributed by atoms with E-state index in [2.05, 4.69) is 6.07 Å². The van der Waals surface area contributed by atoms with E-state index in [1.54, 1.807) is 0 Å². The second-order valence-corrected chi connectivity index (χ2v) is 4.37. The van der Waals surface area contributed by atoms with E-state index < -0.39 is 17.0 Å². The third kappa shape index (κ3) is 1.61. The van der Waals surface area contributed by atoms with Gasteiger partial charge in [-0.3, -0.25) is 0 Å². The second kappa shape index (κ2) is 3.30. The average molecular weight is 207 g/mol.